The van der Waals surface area contributed by atoms with Crippen molar-refractivity contribution in [3.05, 3.63) is 59.2 Å². The van der Waals surface area contributed by atoms with Gasteiger partial charge in [-0.3, -0.25) is 4.79 Å². The highest BCUT2D eigenvalue weighted by atomic mass is 19.4. The minimum absolute atomic E-state index is 0.155. The molecule has 33 heavy (non-hydrogen) atoms. The number of amides is 1. The summed E-state index contributed by atoms with van der Waals surface area (Å²) in [5.41, 5.74) is 3.15. The summed E-state index contributed by atoms with van der Waals surface area (Å²) < 4.78 is 31.7. The maximum absolute atomic E-state index is 12.6. The van der Waals surface area contributed by atoms with E-state index in [0.29, 0.717) is 11.3 Å². The zero-order valence-electron chi connectivity index (χ0n) is 18.0. The van der Waals surface area contributed by atoms with Gasteiger partial charge >= 0.3 is 18.1 Å². The molecule has 0 aromatic heterocycles. The number of aliphatic carboxylic acids is 1. The second-order valence-corrected chi connectivity index (χ2v) is 7.45. The average molecular weight is 467 g/mol. The Morgan fingerprint density at radius 1 is 0.909 bits per heavy atom. The van der Waals surface area contributed by atoms with Gasteiger partial charge in [0.25, 0.3) is 5.91 Å². The van der Waals surface area contributed by atoms with Crippen LogP contribution in [0.1, 0.15) is 26.3 Å². The van der Waals surface area contributed by atoms with Crippen molar-refractivity contribution < 1.29 is 37.8 Å². The molecule has 0 atom stereocenters. The molecule has 1 heterocycles. The number of rotatable bonds is 4. The summed E-state index contributed by atoms with van der Waals surface area (Å²) in [6.45, 7) is 5.47. The Bertz CT molecular complexity index is 1000. The predicted molar refractivity (Wildman–Crippen MR) is 116 cm³/mol. The van der Waals surface area contributed by atoms with Gasteiger partial charge in [0.05, 0.1) is 16.9 Å². The topological polar surface area (TPSA) is 110 Å². The van der Waals surface area contributed by atoms with E-state index in [4.69, 9.17) is 9.90 Å². The van der Waals surface area contributed by atoms with Gasteiger partial charge in [-0.15, -0.1) is 0 Å². The first-order valence-corrected chi connectivity index (χ1v) is 9.87. The van der Waals surface area contributed by atoms with Gasteiger partial charge in [-0.1, -0.05) is 17.7 Å². The highest BCUT2D eigenvalue weighted by Gasteiger charge is 2.38. The normalized spacial score (nSPS) is 14.2. The first-order valence-electron chi connectivity index (χ1n) is 9.87. The zero-order chi connectivity index (χ0) is 24.8. The number of hydrogen-bond acceptors (Lipinski definition) is 5. The molecule has 0 saturated carbocycles. The molecule has 11 heteroatoms. The van der Waals surface area contributed by atoms with Gasteiger partial charge < -0.3 is 25.3 Å². The number of carbonyl (C=O) groups excluding carboxylic acids is 1. The van der Waals surface area contributed by atoms with Gasteiger partial charge in [0.1, 0.15) is 0 Å². The molecule has 3 rings (SSSR count). The van der Waals surface area contributed by atoms with Gasteiger partial charge in [0.15, 0.2) is 0 Å². The number of aryl methyl sites for hydroxylation is 1. The van der Waals surface area contributed by atoms with E-state index in [1.54, 1.807) is 24.3 Å². The lowest BCUT2D eigenvalue weighted by atomic mass is 10.1. The Labute approximate surface area is 188 Å². The van der Waals surface area contributed by atoms with Crippen LogP contribution in [0.3, 0.4) is 0 Å². The molecular weight excluding hydrogens is 443 g/mol. The summed E-state index contributed by atoms with van der Waals surface area (Å²) in [6, 6.07) is 12.2. The largest absolute Gasteiger partial charge is 0.490 e. The molecule has 1 aliphatic heterocycles. The fourth-order valence-corrected chi connectivity index (χ4v) is 2.99. The van der Waals surface area contributed by atoms with Crippen LogP contribution in [0.25, 0.3) is 0 Å². The maximum Gasteiger partial charge on any atom is 0.490 e. The van der Waals surface area contributed by atoms with Gasteiger partial charge in [-0.05, 0) is 44.3 Å². The van der Waals surface area contributed by atoms with Crippen molar-refractivity contribution in [1.29, 1.82) is 0 Å². The van der Waals surface area contributed by atoms with Gasteiger partial charge in [-0.25, -0.2) is 9.59 Å². The Morgan fingerprint density at radius 3 is 1.91 bits per heavy atom. The smallest absolute Gasteiger partial charge is 0.478 e. The Balaban J connectivity index is 0.000000479. The van der Waals surface area contributed by atoms with Crippen molar-refractivity contribution in [3.63, 3.8) is 0 Å². The third kappa shape index (κ3) is 7.49. The summed E-state index contributed by atoms with van der Waals surface area (Å²) in [7, 11) is 2.07. The number of piperazine rings is 1. The molecule has 3 N–H and O–H groups in total. The van der Waals surface area contributed by atoms with E-state index in [1.807, 2.05) is 19.1 Å². The molecule has 0 aliphatic carbocycles. The molecule has 0 radical (unpaired) electrons. The highest BCUT2D eigenvalue weighted by Crippen LogP contribution is 2.29. The first kappa shape index (κ1) is 25.7. The van der Waals surface area contributed by atoms with Crippen LogP contribution < -0.4 is 10.2 Å². The fourth-order valence-electron chi connectivity index (χ4n) is 2.99. The van der Waals surface area contributed by atoms with E-state index in [0.717, 1.165) is 37.4 Å². The molecule has 1 saturated heterocycles. The summed E-state index contributed by atoms with van der Waals surface area (Å²) in [5, 5.41) is 19.3. The number of halogens is 3. The van der Waals surface area contributed by atoms with E-state index in [2.05, 4.69) is 22.2 Å². The lowest BCUT2D eigenvalue weighted by Crippen LogP contribution is -2.44. The molecule has 0 bridgehead atoms. The molecular formula is C22H24F3N3O5. The molecule has 1 fully saturated rings. The minimum atomic E-state index is -5.08. The van der Waals surface area contributed by atoms with Crippen molar-refractivity contribution in [2.75, 3.05) is 43.4 Å². The Hall–Kier alpha value is -3.60. The number of alkyl halides is 3. The van der Waals surface area contributed by atoms with Crippen LogP contribution in [0.4, 0.5) is 24.5 Å². The molecule has 1 aliphatic rings. The average Bonchev–Trinajstić information content (AvgIpc) is 2.74. The van der Waals surface area contributed by atoms with Crippen molar-refractivity contribution in [3.8, 4) is 0 Å². The summed E-state index contributed by atoms with van der Waals surface area (Å²) >= 11 is 0. The predicted octanol–water partition coefficient (Wildman–Crippen LogP) is 3.33. The zero-order valence-corrected chi connectivity index (χ0v) is 18.0. The monoisotopic (exact) mass is 467 g/mol. The Morgan fingerprint density at radius 2 is 1.42 bits per heavy atom. The van der Waals surface area contributed by atoms with E-state index >= 15 is 0 Å². The quantitative estimate of drug-likeness (QED) is 0.633. The van der Waals surface area contributed by atoms with E-state index in [1.165, 1.54) is 6.07 Å². The molecule has 178 valence electrons. The second kappa shape index (κ2) is 10.8. The molecule has 0 spiro atoms. The number of carbonyl (C=O) groups is 3. The van der Waals surface area contributed by atoms with Crippen molar-refractivity contribution in [2.45, 2.75) is 13.1 Å². The lowest BCUT2D eigenvalue weighted by molar-refractivity contribution is -0.192. The molecule has 8 nitrogen and oxygen atoms in total. The second-order valence-electron chi connectivity index (χ2n) is 7.45. The number of aromatic carboxylic acids is 1. The number of carboxylic acids is 2. The van der Waals surface area contributed by atoms with Crippen LogP contribution in [0.15, 0.2) is 42.5 Å². The number of likely N-dealkylation sites (N-methyl/N-ethyl adjacent to an activating group) is 1. The number of hydrogen-bond donors (Lipinski definition) is 3. The number of carboxylic acid groups (broad SMARTS) is 2. The van der Waals surface area contributed by atoms with Crippen molar-refractivity contribution >= 4 is 29.2 Å². The fraction of sp³-hybridized carbons (Fsp3) is 0.318. The molecule has 2 aromatic rings. The lowest BCUT2D eigenvalue weighted by Gasteiger charge is -2.35. The first-order chi connectivity index (χ1) is 15.4. The van der Waals surface area contributed by atoms with Crippen LogP contribution in [0.2, 0.25) is 0 Å². The van der Waals surface area contributed by atoms with Gasteiger partial charge in [0.2, 0.25) is 0 Å². The van der Waals surface area contributed by atoms with Crippen LogP contribution in [0.5, 0.6) is 0 Å². The third-order valence-electron chi connectivity index (χ3n) is 4.89. The summed E-state index contributed by atoms with van der Waals surface area (Å²) in [5.74, 6) is -4.02. The van der Waals surface area contributed by atoms with Crippen molar-refractivity contribution in [2.24, 2.45) is 0 Å². The third-order valence-corrected chi connectivity index (χ3v) is 4.89. The van der Waals surface area contributed by atoms with Gasteiger partial charge in [0, 0.05) is 31.7 Å². The molecule has 2 aromatic carbocycles. The van der Waals surface area contributed by atoms with Crippen LogP contribution in [0, 0.1) is 6.92 Å². The van der Waals surface area contributed by atoms with Crippen LogP contribution in [-0.2, 0) is 4.79 Å². The molecule has 1 amide bonds. The van der Waals surface area contributed by atoms with E-state index < -0.39 is 18.1 Å². The van der Waals surface area contributed by atoms with Crippen molar-refractivity contribution in [1.82, 2.24) is 4.90 Å². The standard InChI is InChI=1S/C20H23N3O3.C2HF3O2/c1-14-3-5-15(6-4-14)19(24)21-17-13-16(20(25)26)7-8-18(17)23-11-9-22(2)10-12-23;3-2(4,5)1(6)7/h3-8,13H,9-12H2,1-2H3,(H,21,24)(H,25,26);(H,6,7). The van der Waals surface area contributed by atoms with E-state index in [-0.39, 0.29) is 11.5 Å². The Kier molecular flexibility index (Phi) is 8.41. The van der Waals surface area contributed by atoms with Crippen LogP contribution >= 0.6 is 0 Å². The number of nitrogens with one attached hydrogen (secondary N) is 1. The van der Waals surface area contributed by atoms with Gasteiger partial charge in [-0.2, -0.15) is 13.2 Å². The minimum Gasteiger partial charge on any atom is -0.478 e. The number of anilines is 2. The number of benzene rings is 2. The maximum atomic E-state index is 12.6. The van der Waals surface area contributed by atoms with Crippen LogP contribution in [-0.4, -0.2) is 72.4 Å². The highest BCUT2D eigenvalue weighted by molar-refractivity contribution is 6.06. The number of nitrogens with zero attached hydrogens (tertiary/aromatic N) is 2. The summed E-state index contributed by atoms with van der Waals surface area (Å²) in [6.07, 6.45) is -5.08. The summed E-state index contributed by atoms with van der Waals surface area (Å²) in [4.78, 5) is 37.3. The molecule has 0 unspecified atom stereocenters. The van der Waals surface area contributed by atoms with E-state index in [9.17, 15) is 27.9 Å². The SMILES string of the molecule is Cc1ccc(C(=O)Nc2cc(C(=O)O)ccc2N2CCN(C)CC2)cc1.O=C(O)C(F)(F)F.